The fourth-order valence-electron chi connectivity index (χ4n) is 3.07. The second kappa shape index (κ2) is 7.49. The first-order valence-corrected chi connectivity index (χ1v) is 9.57. The molecule has 0 saturated heterocycles. The molecule has 0 fully saturated rings. The molecular formula is C18H26N6S. The van der Waals surface area contributed by atoms with Crippen molar-refractivity contribution in [1.82, 2.24) is 19.5 Å². The molecule has 0 spiro atoms. The third kappa shape index (κ3) is 3.52. The van der Waals surface area contributed by atoms with Gasteiger partial charge in [-0.15, -0.1) is 11.3 Å². The van der Waals surface area contributed by atoms with Crippen molar-refractivity contribution < 1.29 is 0 Å². The van der Waals surface area contributed by atoms with Crippen molar-refractivity contribution in [2.75, 3.05) is 11.9 Å². The summed E-state index contributed by atoms with van der Waals surface area (Å²) in [5, 5.41) is 4.77. The van der Waals surface area contributed by atoms with Crippen LogP contribution < -0.4 is 11.1 Å². The predicted octanol–water partition coefficient (Wildman–Crippen LogP) is 3.50. The van der Waals surface area contributed by atoms with Gasteiger partial charge in [-0.3, -0.25) is 0 Å². The minimum Gasteiger partial charge on any atom is -0.359 e. The lowest BCUT2D eigenvalue weighted by molar-refractivity contribution is 0.611. The van der Waals surface area contributed by atoms with Crippen LogP contribution in [-0.2, 0) is 13.5 Å². The van der Waals surface area contributed by atoms with Crippen molar-refractivity contribution in [2.24, 2.45) is 12.8 Å². The van der Waals surface area contributed by atoms with E-state index in [1.54, 1.807) is 11.3 Å². The van der Waals surface area contributed by atoms with Crippen molar-refractivity contribution in [3.63, 3.8) is 0 Å². The Labute approximate surface area is 152 Å². The SMILES string of the molecule is CCCC(Nc1nc(CCN)nc2sc(C)c(C)c12)c1nccn1C. The quantitative estimate of drug-likeness (QED) is 0.675. The number of aryl methyl sites for hydroxylation is 3. The average Bonchev–Trinajstić information content (AvgIpc) is 3.11. The Morgan fingerprint density at radius 2 is 2.12 bits per heavy atom. The molecule has 0 aromatic carbocycles. The van der Waals surface area contributed by atoms with E-state index in [4.69, 9.17) is 15.7 Å². The number of nitrogens with two attached hydrogens (primary N) is 1. The number of aromatic nitrogens is 4. The van der Waals surface area contributed by atoms with Crippen LogP contribution in [0.3, 0.4) is 0 Å². The van der Waals surface area contributed by atoms with Gasteiger partial charge in [-0.05, 0) is 32.4 Å². The predicted molar refractivity (Wildman–Crippen MR) is 104 cm³/mol. The standard InChI is InChI=1S/C18H26N6S/c1-5-6-13(17-20-9-10-24(17)4)21-16-15-11(2)12(3)25-18(15)23-14(22-16)7-8-19/h9-10,13H,5-8,19H2,1-4H3,(H,21,22,23). The summed E-state index contributed by atoms with van der Waals surface area (Å²) in [4.78, 5) is 16.4. The minimum absolute atomic E-state index is 0.119. The van der Waals surface area contributed by atoms with Crippen LogP contribution in [0.25, 0.3) is 10.2 Å². The molecule has 3 heterocycles. The topological polar surface area (TPSA) is 81.7 Å². The summed E-state index contributed by atoms with van der Waals surface area (Å²) >= 11 is 1.72. The Morgan fingerprint density at radius 3 is 2.76 bits per heavy atom. The maximum atomic E-state index is 5.73. The van der Waals surface area contributed by atoms with E-state index in [1.165, 1.54) is 10.4 Å². The van der Waals surface area contributed by atoms with E-state index < -0.39 is 0 Å². The molecule has 0 amide bonds. The molecule has 1 atom stereocenters. The third-order valence-electron chi connectivity index (χ3n) is 4.50. The van der Waals surface area contributed by atoms with Gasteiger partial charge in [-0.2, -0.15) is 0 Å². The van der Waals surface area contributed by atoms with Crippen LogP contribution in [-0.4, -0.2) is 26.1 Å². The first kappa shape index (κ1) is 17.8. The van der Waals surface area contributed by atoms with Gasteiger partial charge in [0, 0.05) is 30.7 Å². The second-order valence-corrected chi connectivity index (χ2v) is 7.58. The molecular weight excluding hydrogens is 332 g/mol. The average molecular weight is 359 g/mol. The summed E-state index contributed by atoms with van der Waals surface area (Å²) in [7, 11) is 2.03. The second-order valence-electron chi connectivity index (χ2n) is 6.37. The highest BCUT2D eigenvalue weighted by atomic mass is 32.1. The lowest BCUT2D eigenvalue weighted by Crippen LogP contribution is -2.17. The van der Waals surface area contributed by atoms with Crippen molar-refractivity contribution in [3.05, 3.63) is 34.5 Å². The molecule has 7 heteroatoms. The van der Waals surface area contributed by atoms with Gasteiger partial charge >= 0.3 is 0 Å². The molecule has 0 saturated carbocycles. The highest BCUT2D eigenvalue weighted by molar-refractivity contribution is 7.18. The van der Waals surface area contributed by atoms with Crippen molar-refractivity contribution in [3.8, 4) is 0 Å². The zero-order valence-electron chi connectivity index (χ0n) is 15.3. The van der Waals surface area contributed by atoms with Crippen LogP contribution in [0, 0.1) is 13.8 Å². The molecule has 134 valence electrons. The number of rotatable bonds is 7. The number of thiophene rings is 1. The Hall–Kier alpha value is -1.99. The highest BCUT2D eigenvalue weighted by Gasteiger charge is 2.20. The lowest BCUT2D eigenvalue weighted by atomic mass is 10.1. The summed E-state index contributed by atoms with van der Waals surface area (Å²) in [6.45, 7) is 7.01. The number of nitrogens with one attached hydrogen (secondary N) is 1. The van der Waals surface area contributed by atoms with Gasteiger partial charge in [0.25, 0.3) is 0 Å². The fourth-order valence-corrected chi connectivity index (χ4v) is 4.12. The third-order valence-corrected chi connectivity index (χ3v) is 5.60. The van der Waals surface area contributed by atoms with Crippen LogP contribution >= 0.6 is 11.3 Å². The summed E-state index contributed by atoms with van der Waals surface area (Å²) < 4.78 is 2.07. The molecule has 3 rings (SSSR count). The maximum absolute atomic E-state index is 5.73. The summed E-state index contributed by atoms with van der Waals surface area (Å²) in [5.74, 6) is 2.73. The summed E-state index contributed by atoms with van der Waals surface area (Å²) in [6, 6.07) is 0.119. The largest absolute Gasteiger partial charge is 0.359 e. The summed E-state index contributed by atoms with van der Waals surface area (Å²) in [6.07, 6.45) is 6.56. The molecule has 3 aromatic heterocycles. The van der Waals surface area contributed by atoms with E-state index in [0.29, 0.717) is 13.0 Å². The molecule has 1 unspecified atom stereocenters. The molecule has 6 nitrogen and oxygen atoms in total. The molecule has 0 aliphatic carbocycles. The van der Waals surface area contributed by atoms with Gasteiger partial charge in [0.05, 0.1) is 11.4 Å². The van der Waals surface area contributed by atoms with Crippen LogP contribution in [0.5, 0.6) is 0 Å². The number of hydrogen-bond donors (Lipinski definition) is 2. The van der Waals surface area contributed by atoms with Gasteiger partial charge < -0.3 is 15.6 Å². The normalized spacial score (nSPS) is 12.7. The van der Waals surface area contributed by atoms with Crippen LogP contribution in [0.1, 0.15) is 47.9 Å². The number of fused-ring (bicyclic) bond motifs is 1. The van der Waals surface area contributed by atoms with Crippen molar-refractivity contribution in [1.29, 1.82) is 0 Å². The first-order chi connectivity index (χ1) is 12.0. The highest BCUT2D eigenvalue weighted by Crippen LogP contribution is 2.35. The number of anilines is 1. The molecule has 0 aliphatic rings. The zero-order valence-corrected chi connectivity index (χ0v) is 16.2. The number of hydrogen-bond acceptors (Lipinski definition) is 6. The number of nitrogens with zero attached hydrogens (tertiary/aromatic N) is 4. The first-order valence-electron chi connectivity index (χ1n) is 8.75. The van der Waals surface area contributed by atoms with E-state index in [1.807, 2.05) is 19.4 Å². The minimum atomic E-state index is 0.119. The van der Waals surface area contributed by atoms with Gasteiger partial charge in [-0.1, -0.05) is 13.3 Å². The Kier molecular flexibility index (Phi) is 5.34. The van der Waals surface area contributed by atoms with Crippen LogP contribution in [0.15, 0.2) is 12.4 Å². The Morgan fingerprint density at radius 1 is 1.32 bits per heavy atom. The van der Waals surface area contributed by atoms with E-state index in [0.717, 1.165) is 40.5 Å². The maximum Gasteiger partial charge on any atom is 0.139 e. The van der Waals surface area contributed by atoms with E-state index in [2.05, 4.69) is 35.6 Å². The van der Waals surface area contributed by atoms with Gasteiger partial charge in [0.2, 0.25) is 0 Å². The van der Waals surface area contributed by atoms with Crippen molar-refractivity contribution in [2.45, 2.75) is 46.1 Å². The van der Waals surface area contributed by atoms with E-state index in [9.17, 15) is 0 Å². The Balaban J connectivity index is 2.07. The molecule has 0 radical (unpaired) electrons. The van der Waals surface area contributed by atoms with E-state index in [-0.39, 0.29) is 6.04 Å². The van der Waals surface area contributed by atoms with Crippen LogP contribution in [0.4, 0.5) is 5.82 Å². The van der Waals surface area contributed by atoms with Gasteiger partial charge in [0.1, 0.15) is 22.3 Å². The van der Waals surface area contributed by atoms with Gasteiger partial charge in [-0.25, -0.2) is 15.0 Å². The van der Waals surface area contributed by atoms with Crippen LogP contribution in [0.2, 0.25) is 0 Å². The molecule has 25 heavy (non-hydrogen) atoms. The zero-order chi connectivity index (χ0) is 18.0. The molecule has 0 aliphatic heterocycles. The molecule has 0 bridgehead atoms. The molecule has 3 N–H and O–H groups in total. The monoisotopic (exact) mass is 358 g/mol. The van der Waals surface area contributed by atoms with Crippen molar-refractivity contribution >= 4 is 27.4 Å². The summed E-state index contributed by atoms with van der Waals surface area (Å²) in [5.41, 5.74) is 6.97. The number of imidazole rings is 1. The smallest absolute Gasteiger partial charge is 0.139 e. The molecule has 3 aromatic rings. The Bertz CT molecular complexity index is 866. The van der Waals surface area contributed by atoms with Gasteiger partial charge in [0.15, 0.2) is 0 Å². The van der Waals surface area contributed by atoms with E-state index >= 15 is 0 Å². The fraction of sp³-hybridized carbons (Fsp3) is 0.500. The lowest BCUT2D eigenvalue weighted by Gasteiger charge is -2.19.